The van der Waals surface area contributed by atoms with Gasteiger partial charge in [-0.2, -0.15) is 0 Å². The largest absolute Gasteiger partial charge is 0.465 e. The molecule has 0 radical (unpaired) electrons. The van der Waals surface area contributed by atoms with E-state index in [2.05, 4.69) is 0 Å². The van der Waals surface area contributed by atoms with Gasteiger partial charge >= 0.3 is 11.9 Å². The van der Waals surface area contributed by atoms with Crippen LogP contribution in [0.15, 0.2) is 42.5 Å². The Kier molecular flexibility index (Phi) is 5.46. The van der Waals surface area contributed by atoms with Gasteiger partial charge in [0.1, 0.15) is 11.2 Å². The molecule has 1 aliphatic heterocycles. The second kappa shape index (κ2) is 7.79. The second-order valence-electron chi connectivity index (χ2n) is 5.73. The molecule has 2 aromatic rings. The van der Waals surface area contributed by atoms with Crippen molar-refractivity contribution in [2.75, 3.05) is 24.9 Å². The molecule has 140 valence electrons. The average Bonchev–Trinajstić information content (AvgIpc) is 3.07. The maximum atomic E-state index is 13.6. The number of methoxy groups -OCH3 is 2. The summed E-state index contributed by atoms with van der Waals surface area (Å²) in [6, 6.07) is 10.2. The number of esters is 2. The number of amides is 1. The van der Waals surface area contributed by atoms with E-state index in [4.69, 9.17) is 9.47 Å². The quantitative estimate of drug-likeness (QED) is 0.748. The lowest BCUT2D eigenvalue weighted by atomic mass is 10.1. The first kappa shape index (κ1) is 18.9. The van der Waals surface area contributed by atoms with Gasteiger partial charge in [-0.1, -0.05) is 12.1 Å². The molecule has 0 aromatic heterocycles. The summed E-state index contributed by atoms with van der Waals surface area (Å²) in [6.45, 7) is 0. The number of carbonyl (C=O) groups is 3. The van der Waals surface area contributed by atoms with Crippen LogP contribution in [0.1, 0.15) is 31.7 Å². The highest BCUT2D eigenvalue weighted by atomic mass is 32.2. The summed E-state index contributed by atoms with van der Waals surface area (Å²) >= 11 is 1.33. The van der Waals surface area contributed by atoms with Gasteiger partial charge in [0.15, 0.2) is 0 Å². The zero-order chi connectivity index (χ0) is 19.6. The van der Waals surface area contributed by atoms with Crippen molar-refractivity contribution in [1.82, 2.24) is 0 Å². The zero-order valence-corrected chi connectivity index (χ0v) is 15.4. The molecule has 1 aliphatic rings. The SMILES string of the molecule is COC(=O)c1cc(C(=O)OC)cc(N2C(=O)CS[C@H]2c2cccc(F)c2)c1. The van der Waals surface area contributed by atoms with Gasteiger partial charge in [0.2, 0.25) is 5.91 Å². The molecule has 3 rings (SSSR count). The summed E-state index contributed by atoms with van der Waals surface area (Å²) in [5.41, 5.74) is 1.16. The highest BCUT2D eigenvalue weighted by molar-refractivity contribution is 8.00. The van der Waals surface area contributed by atoms with Gasteiger partial charge in [-0.15, -0.1) is 11.8 Å². The van der Waals surface area contributed by atoms with E-state index in [0.29, 0.717) is 11.3 Å². The average molecular weight is 389 g/mol. The van der Waals surface area contributed by atoms with Crippen LogP contribution in [0, 0.1) is 5.82 Å². The lowest BCUT2D eigenvalue weighted by Gasteiger charge is -2.25. The Labute approximate surface area is 159 Å². The molecule has 0 N–H and O–H groups in total. The smallest absolute Gasteiger partial charge is 0.337 e. The number of rotatable bonds is 4. The van der Waals surface area contributed by atoms with E-state index in [1.165, 1.54) is 61.2 Å². The maximum absolute atomic E-state index is 13.6. The minimum Gasteiger partial charge on any atom is -0.465 e. The molecule has 1 fully saturated rings. The molecule has 1 amide bonds. The van der Waals surface area contributed by atoms with Gasteiger partial charge < -0.3 is 9.47 Å². The van der Waals surface area contributed by atoms with Crippen molar-refractivity contribution in [3.63, 3.8) is 0 Å². The number of carbonyl (C=O) groups excluding carboxylic acids is 3. The van der Waals surface area contributed by atoms with Crippen molar-refractivity contribution >= 4 is 35.3 Å². The fraction of sp³-hybridized carbons (Fsp3) is 0.211. The highest BCUT2D eigenvalue weighted by Gasteiger charge is 2.35. The van der Waals surface area contributed by atoms with Gasteiger partial charge in [0.25, 0.3) is 0 Å². The monoisotopic (exact) mass is 389 g/mol. The number of thioether (sulfide) groups is 1. The van der Waals surface area contributed by atoms with Crippen LogP contribution in [0.4, 0.5) is 10.1 Å². The Morgan fingerprint density at radius 2 is 1.70 bits per heavy atom. The number of anilines is 1. The van der Waals surface area contributed by atoms with Crippen LogP contribution in [0.25, 0.3) is 0 Å². The number of ether oxygens (including phenoxy) is 2. The van der Waals surface area contributed by atoms with Crippen molar-refractivity contribution in [1.29, 1.82) is 0 Å². The van der Waals surface area contributed by atoms with Gasteiger partial charge in [-0.05, 0) is 35.9 Å². The maximum Gasteiger partial charge on any atom is 0.337 e. The summed E-state index contributed by atoms with van der Waals surface area (Å²) in [6.07, 6.45) is 0. The Morgan fingerprint density at radius 1 is 1.07 bits per heavy atom. The molecular formula is C19H16FNO5S. The van der Waals surface area contributed by atoms with Crippen LogP contribution in [-0.2, 0) is 14.3 Å². The van der Waals surface area contributed by atoms with Gasteiger partial charge in [-0.25, -0.2) is 14.0 Å². The van der Waals surface area contributed by atoms with Crippen molar-refractivity contribution in [3.8, 4) is 0 Å². The Morgan fingerprint density at radius 3 is 2.26 bits per heavy atom. The van der Waals surface area contributed by atoms with E-state index >= 15 is 0 Å². The first-order valence-corrected chi connectivity index (χ1v) is 9.00. The second-order valence-corrected chi connectivity index (χ2v) is 6.80. The standard InChI is InChI=1S/C19H16FNO5S/c1-25-18(23)12-6-13(19(24)26-2)9-15(8-12)21-16(22)10-27-17(21)11-4-3-5-14(20)7-11/h3-9,17H,10H2,1-2H3/t17-/m0/s1. The van der Waals surface area contributed by atoms with Crippen molar-refractivity contribution in [3.05, 3.63) is 65.0 Å². The Hall–Kier alpha value is -2.87. The number of hydrogen-bond acceptors (Lipinski definition) is 6. The first-order valence-electron chi connectivity index (χ1n) is 7.95. The minimum absolute atomic E-state index is 0.109. The van der Waals surface area contributed by atoms with Gasteiger partial charge in [-0.3, -0.25) is 9.69 Å². The molecule has 6 nitrogen and oxygen atoms in total. The van der Waals surface area contributed by atoms with Crippen LogP contribution in [0.3, 0.4) is 0 Å². The molecule has 1 saturated heterocycles. The fourth-order valence-corrected chi connectivity index (χ4v) is 4.00. The summed E-state index contributed by atoms with van der Waals surface area (Å²) in [7, 11) is 2.44. The van der Waals surface area contributed by atoms with E-state index in [9.17, 15) is 18.8 Å². The molecule has 1 heterocycles. The van der Waals surface area contributed by atoms with Crippen LogP contribution >= 0.6 is 11.8 Å². The highest BCUT2D eigenvalue weighted by Crippen LogP contribution is 2.42. The van der Waals surface area contributed by atoms with E-state index in [1.54, 1.807) is 12.1 Å². The third-order valence-electron chi connectivity index (χ3n) is 4.04. The molecule has 0 spiro atoms. The van der Waals surface area contributed by atoms with Crippen LogP contribution < -0.4 is 4.90 Å². The number of hydrogen-bond donors (Lipinski definition) is 0. The number of benzene rings is 2. The van der Waals surface area contributed by atoms with Crippen LogP contribution in [0.2, 0.25) is 0 Å². The summed E-state index contributed by atoms with van der Waals surface area (Å²) in [4.78, 5) is 37.9. The summed E-state index contributed by atoms with van der Waals surface area (Å²) < 4.78 is 23.1. The Bertz CT molecular complexity index is 882. The van der Waals surface area contributed by atoms with Crippen molar-refractivity contribution < 1.29 is 28.2 Å². The normalized spacial score (nSPS) is 16.3. The third-order valence-corrected chi connectivity index (χ3v) is 5.25. The minimum atomic E-state index is -0.649. The van der Waals surface area contributed by atoms with E-state index in [0.717, 1.165) is 0 Å². The lowest BCUT2D eigenvalue weighted by molar-refractivity contribution is -0.115. The lowest BCUT2D eigenvalue weighted by Crippen LogP contribution is -2.28. The first-order chi connectivity index (χ1) is 12.9. The number of nitrogens with zero attached hydrogens (tertiary/aromatic N) is 1. The third kappa shape index (κ3) is 3.80. The molecule has 2 aromatic carbocycles. The van der Waals surface area contributed by atoms with E-state index < -0.39 is 23.1 Å². The molecule has 0 saturated carbocycles. The van der Waals surface area contributed by atoms with Gasteiger partial charge in [0, 0.05) is 5.69 Å². The number of halogens is 1. The summed E-state index contributed by atoms with van der Waals surface area (Å²) in [5.74, 6) is -1.73. The molecular weight excluding hydrogens is 373 g/mol. The molecule has 8 heteroatoms. The Balaban J connectivity index is 2.10. The predicted molar refractivity (Wildman–Crippen MR) is 98.2 cm³/mol. The molecule has 0 bridgehead atoms. The molecule has 0 aliphatic carbocycles. The van der Waals surface area contributed by atoms with Gasteiger partial charge in [0.05, 0.1) is 31.1 Å². The summed E-state index contributed by atoms with van der Waals surface area (Å²) in [5, 5.41) is -0.480. The molecule has 0 unspecified atom stereocenters. The topological polar surface area (TPSA) is 72.9 Å². The van der Waals surface area contributed by atoms with E-state index in [-0.39, 0.29) is 22.8 Å². The molecule has 27 heavy (non-hydrogen) atoms. The van der Waals surface area contributed by atoms with Crippen LogP contribution in [0.5, 0.6) is 0 Å². The fourth-order valence-electron chi connectivity index (χ4n) is 2.83. The zero-order valence-electron chi connectivity index (χ0n) is 14.6. The molecule has 1 atom stereocenters. The van der Waals surface area contributed by atoms with Crippen LogP contribution in [-0.4, -0.2) is 37.8 Å². The van der Waals surface area contributed by atoms with Crippen molar-refractivity contribution in [2.45, 2.75) is 5.37 Å². The predicted octanol–water partition coefficient (Wildman–Crippen LogP) is 3.18. The van der Waals surface area contributed by atoms with E-state index in [1.807, 2.05) is 0 Å². The van der Waals surface area contributed by atoms with Crippen molar-refractivity contribution in [2.24, 2.45) is 0 Å².